The van der Waals surface area contributed by atoms with E-state index in [-0.39, 0.29) is 6.03 Å². The molecule has 1 aliphatic heterocycles. The minimum atomic E-state index is -0.0335. The number of urea groups is 1. The van der Waals surface area contributed by atoms with Crippen LogP contribution in [0.4, 0.5) is 4.79 Å². The summed E-state index contributed by atoms with van der Waals surface area (Å²) in [6, 6.07) is 16.2. The molecule has 2 amide bonds. The molecule has 3 aromatic rings. The zero-order valence-electron chi connectivity index (χ0n) is 14.9. The Labute approximate surface area is 153 Å². The average Bonchev–Trinajstić information content (AvgIpc) is 3.03. The Balaban J connectivity index is 1.32. The second-order valence-corrected chi connectivity index (χ2v) is 6.70. The maximum absolute atomic E-state index is 12.5. The van der Waals surface area contributed by atoms with Crippen molar-refractivity contribution in [3.05, 3.63) is 65.4 Å². The van der Waals surface area contributed by atoms with E-state index < -0.39 is 0 Å². The molecule has 0 radical (unpaired) electrons. The van der Waals surface area contributed by atoms with Gasteiger partial charge >= 0.3 is 6.03 Å². The summed E-state index contributed by atoms with van der Waals surface area (Å²) in [6.45, 7) is 4.35. The number of carbonyl (C=O) groups excluding carboxylic acids is 1. The number of benzene rings is 2. The molecule has 0 atom stereocenters. The van der Waals surface area contributed by atoms with Gasteiger partial charge in [-0.15, -0.1) is 0 Å². The molecule has 0 fully saturated rings. The number of ether oxygens (including phenoxy) is 1. The molecule has 0 spiro atoms. The second-order valence-electron chi connectivity index (χ2n) is 6.70. The number of rotatable bonds is 4. The first-order valence-corrected chi connectivity index (χ1v) is 9.01. The number of nitrogens with one attached hydrogen (secondary N) is 2. The van der Waals surface area contributed by atoms with Gasteiger partial charge in [0.15, 0.2) is 0 Å². The molecule has 0 bridgehead atoms. The van der Waals surface area contributed by atoms with E-state index in [1.165, 1.54) is 16.6 Å². The number of hydrogen-bond donors (Lipinski definition) is 2. The fourth-order valence-electron chi connectivity index (χ4n) is 3.48. The van der Waals surface area contributed by atoms with Crippen molar-refractivity contribution >= 4 is 16.9 Å². The predicted octanol–water partition coefficient (Wildman–Crippen LogP) is 3.62. The van der Waals surface area contributed by atoms with E-state index in [4.69, 9.17) is 4.74 Å². The summed E-state index contributed by atoms with van der Waals surface area (Å²) < 4.78 is 5.69. The van der Waals surface area contributed by atoms with Gasteiger partial charge in [0.05, 0.1) is 6.54 Å². The van der Waals surface area contributed by atoms with Crippen LogP contribution in [0.3, 0.4) is 0 Å². The SMILES string of the molecule is Cc1cccc(OCCNC(=O)N2CCc3[nH]c4ccccc4c3C2)c1. The van der Waals surface area contributed by atoms with Gasteiger partial charge in [0.25, 0.3) is 0 Å². The van der Waals surface area contributed by atoms with Crippen molar-refractivity contribution in [3.8, 4) is 5.75 Å². The van der Waals surface area contributed by atoms with Crippen LogP contribution in [-0.2, 0) is 13.0 Å². The average molecular weight is 349 g/mol. The number of hydrogen-bond acceptors (Lipinski definition) is 2. The molecule has 0 unspecified atom stereocenters. The van der Waals surface area contributed by atoms with Crippen molar-refractivity contribution in [1.29, 1.82) is 0 Å². The largest absolute Gasteiger partial charge is 0.492 e. The van der Waals surface area contributed by atoms with Crippen molar-refractivity contribution in [3.63, 3.8) is 0 Å². The molecule has 2 N–H and O–H groups in total. The van der Waals surface area contributed by atoms with Crippen LogP contribution in [0, 0.1) is 6.92 Å². The standard InChI is InChI=1S/C21H23N3O2/c1-15-5-4-6-16(13-15)26-12-10-22-21(25)24-11-9-20-18(14-24)17-7-2-3-8-19(17)23-20/h2-8,13,23H,9-12,14H2,1H3,(H,22,25). The van der Waals surface area contributed by atoms with E-state index in [9.17, 15) is 4.79 Å². The molecule has 0 aliphatic carbocycles. The molecule has 0 saturated carbocycles. The van der Waals surface area contributed by atoms with Gasteiger partial charge in [-0.3, -0.25) is 0 Å². The molecule has 134 valence electrons. The van der Waals surface area contributed by atoms with E-state index in [0.29, 0.717) is 19.7 Å². The minimum Gasteiger partial charge on any atom is -0.492 e. The molecule has 5 nitrogen and oxygen atoms in total. The summed E-state index contributed by atoms with van der Waals surface area (Å²) in [5.74, 6) is 0.834. The molecular weight excluding hydrogens is 326 g/mol. The summed E-state index contributed by atoms with van der Waals surface area (Å²) in [5.41, 5.74) is 4.79. The van der Waals surface area contributed by atoms with Crippen LogP contribution in [0.15, 0.2) is 48.5 Å². The fraction of sp³-hybridized carbons (Fsp3) is 0.286. The highest BCUT2D eigenvalue weighted by Crippen LogP contribution is 2.27. The first-order chi connectivity index (χ1) is 12.7. The quantitative estimate of drug-likeness (QED) is 0.707. The number of carbonyl (C=O) groups is 1. The van der Waals surface area contributed by atoms with E-state index in [1.54, 1.807) is 0 Å². The van der Waals surface area contributed by atoms with Gasteiger partial charge in [0, 0.05) is 41.7 Å². The van der Waals surface area contributed by atoms with Crippen LogP contribution >= 0.6 is 0 Å². The molecule has 4 rings (SSSR count). The Hall–Kier alpha value is -2.95. The molecule has 2 heterocycles. The highest BCUT2D eigenvalue weighted by atomic mass is 16.5. The zero-order chi connectivity index (χ0) is 17.9. The maximum atomic E-state index is 12.5. The van der Waals surface area contributed by atoms with E-state index in [1.807, 2.05) is 48.2 Å². The molecule has 26 heavy (non-hydrogen) atoms. The topological polar surface area (TPSA) is 57.4 Å². The molecule has 2 aromatic carbocycles. The van der Waals surface area contributed by atoms with Gasteiger partial charge in [-0.05, 0) is 30.7 Å². The number of amides is 2. The van der Waals surface area contributed by atoms with E-state index in [2.05, 4.69) is 22.4 Å². The minimum absolute atomic E-state index is 0.0335. The van der Waals surface area contributed by atoms with Gasteiger partial charge in [0.1, 0.15) is 12.4 Å². The number of fused-ring (bicyclic) bond motifs is 3. The molecular formula is C21H23N3O2. The fourth-order valence-corrected chi connectivity index (χ4v) is 3.48. The van der Waals surface area contributed by atoms with Crippen LogP contribution in [-0.4, -0.2) is 35.6 Å². The lowest BCUT2D eigenvalue weighted by molar-refractivity contribution is 0.189. The lowest BCUT2D eigenvalue weighted by Crippen LogP contribution is -2.43. The third kappa shape index (κ3) is 3.38. The van der Waals surface area contributed by atoms with Crippen molar-refractivity contribution in [1.82, 2.24) is 15.2 Å². The Morgan fingerprint density at radius 1 is 1.23 bits per heavy atom. The first kappa shape index (κ1) is 16.5. The van der Waals surface area contributed by atoms with Crippen molar-refractivity contribution in [2.24, 2.45) is 0 Å². The molecule has 0 saturated heterocycles. The number of aromatic amines is 1. The number of para-hydroxylation sites is 1. The lowest BCUT2D eigenvalue weighted by Gasteiger charge is -2.27. The van der Waals surface area contributed by atoms with Crippen LogP contribution < -0.4 is 10.1 Å². The lowest BCUT2D eigenvalue weighted by atomic mass is 10.0. The number of H-pyrrole nitrogens is 1. The summed E-state index contributed by atoms with van der Waals surface area (Å²) >= 11 is 0. The van der Waals surface area contributed by atoms with Crippen LogP contribution in [0.25, 0.3) is 10.9 Å². The summed E-state index contributed by atoms with van der Waals surface area (Å²) in [7, 11) is 0. The highest BCUT2D eigenvalue weighted by molar-refractivity contribution is 5.85. The third-order valence-electron chi connectivity index (χ3n) is 4.81. The Morgan fingerprint density at radius 2 is 2.12 bits per heavy atom. The maximum Gasteiger partial charge on any atom is 0.317 e. The monoisotopic (exact) mass is 349 g/mol. The summed E-state index contributed by atoms with van der Waals surface area (Å²) in [4.78, 5) is 17.8. The second kappa shape index (κ2) is 7.12. The smallest absolute Gasteiger partial charge is 0.317 e. The number of aryl methyl sites for hydroxylation is 1. The van der Waals surface area contributed by atoms with E-state index >= 15 is 0 Å². The number of aromatic nitrogens is 1. The highest BCUT2D eigenvalue weighted by Gasteiger charge is 2.23. The third-order valence-corrected chi connectivity index (χ3v) is 4.81. The van der Waals surface area contributed by atoms with E-state index in [0.717, 1.165) is 29.8 Å². The van der Waals surface area contributed by atoms with Gasteiger partial charge < -0.3 is 19.9 Å². The van der Waals surface area contributed by atoms with Gasteiger partial charge in [-0.1, -0.05) is 30.3 Å². The molecule has 1 aliphatic rings. The van der Waals surface area contributed by atoms with Gasteiger partial charge in [-0.25, -0.2) is 4.79 Å². The van der Waals surface area contributed by atoms with Gasteiger partial charge in [-0.2, -0.15) is 0 Å². The normalized spacial score (nSPS) is 13.5. The predicted molar refractivity (Wildman–Crippen MR) is 102 cm³/mol. The Kier molecular flexibility index (Phi) is 4.52. The van der Waals surface area contributed by atoms with Crippen LogP contribution in [0.5, 0.6) is 5.75 Å². The first-order valence-electron chi connectivity index (χ1n) is 9.01. The van der Waals surface area contributed by atoms with Crippen molar-refractivity contribution in [2.45, 2.75) is 19.9 Å². The Morgan fingerprint density at radius 3 is 3.00 bits per heavy atom. The summed E-state index contributed by atoms with van der Waals surface area (Å²) in [6.07, 6.45) is 0.858. The van der Waals surface area contributed by atoms with Crippen molar-refractivity contribution < 1.29 is 9.53 Å². The van der Waals surface area contributed by atoms with Crippen molar-refractivity contribution in [2.75, 3.05) is 19.7 Å². The van der Waals surface area contributed by atoms with Crippen LogP contribution in [0.2, 0.25) is 0 Å². The summed E-state index contributed by atoms with van der Waals surface area (Å²) in [5, 5.41) is 4.17. The van der Waals surface area contributed by atoms with Gasteiger partial charge in [0.2, 0.25) is 0 Å². The molecule has 1 aromatic heterocycles. The Bertz CT molecular complexity index is 932. The van der Waals surface area contributed by atoms with Crippen LogP contribution in [0.1, 0.15) is 16.8 Å². The number of nitrogens with zero attached hydrogens (tertiary/aromatic N) is 1. The molecule has 5 heteroatoms. The zero-order valence-corrected chi connectivity index (χ0v) is 14.9.